The van der Waals surface area contributed by atoms with E-state index in [9.17, 15) is 4.79 Å². The zero-order chi connectivity index (χ0) is 17.8. The average molecular weight is 419 g/mol. The predicted octanol–water partition coefficient (Wildman–Crippen LogP) is 5.03. The number of methoxy groups -OCH3 is 1. The molecule has 0 bridgehead atoms. The molecule has 0 spiro atoms. The van der Waals surface area contributed by atoms with E-state index in [1.54, 1.807) is 23.8 Å². The van der Waals surface area contributed by atoms with Crippen LogP contribution in [0.15, 0.2) is 51.9 Å². The number of nitrogens with zero attached hydrogens (tertiary/aromatic N) is 2. The summed E-state index contributed by atoms with van der Waals surface area (Å²) in [6.45, 7) is 2.69. The van der Waals surface area contributed by atoms with E-state index >= 15 is 0 Å². The van der Waals surface area contributed by atoms with E-state index in [-0.39, 0.29) is 5.91 Å². The van der Waals surface area contributed by atoms with Crippen LogP contribution in [-0.4, -0.2) is 35.4 Å². The molecule has 1 aliphatic rings. The summed E-state index contributed by atoms with van der Waals surface area (Å²) in [7, 11) is 1.63. The van der Waals surface area contributed by atoms with Gasteiger partial charge < -0.3 is 4.74 Å². The number of rotatable bonds is 3. The van der Waals surface area contributed by atoms with E-state index in [4.69, 9.17) is 9.73 Å². The minimum absolute atomic E-state index is 0.0231. The quantitative estimate of drug-likeness (QED) is 0.701. The first-order valence-corrected chi connectivity index (χ1v) is 9.80. The lowest BCUT2D eigenvalue weighted by molar-refractivity contribution is 0.0849. The van der Waals surface area contributed by atoms with Crippen molar-refractivity contribution < 1.29 is 9.53 Å². The Kier molecular flexibility index (Phi) is 5.81. The first-order chi connectivity index (χ1) is 12.1. The molecular formula is C19H19BrN2O2S. The maximum Gasteiger partial charge on any atom is 0.259 e. The molecule has 0 atom stereocenters. The van der Waals surface area contributed by atoms with E-state index in [0.29, 0.717) is 17.9 Å². The average Bonchev–Trinajstić information content (AvgIpc) is 2.62. The first kappa shape index (κ1) is 18.0. The molecule has 2 aromatic rings. The minimum atomic E-state index is -0.0231. The largest absolute Gasteiger partial charge is 0.494 e. The van der Waals surface area contributed by atoms with E-state index in [1.807, 2.05) is 49.4 Å². The van der Waals surface area contributed by atoms with Gasteiger partial charge in [-0.25, -0.2) is 4.99 Å². The Morgan fingerprint density at radius 3 is 2.72 bits per heavy atom. The van der Waals surface area contributed by atoms with Crippen LogP contribution in [0.1, 0.15) is 22.3 Å². The lowest BCUT2D eigenvalue weighted by Crippen LogP contribution is -2.39. The van der Waals surface area contributed by atoms with Crippen LogP contribution >= 0.6 is 27.7 Å². The molecule has 0 aliphatic carbocycles. The summed E-state index contributed by atoms with van der Waals surface area (Å²) in [5, 5.41) is 0.725. The highest BCUT2D eigenvalue weighted by atomic mass is 79.9. The summed E-state index contributed by atoms with van der Waals surface area (Å²) < 4.78 is 6.36. The molecule has 0 radical (unpaired) electrons. The Balaban J connectivity index is 1.94. The number of amidine groups is 1. The Morgan fingerprint density at radius 2 is 2.00 bits per heavy atom. The monoisotopic (exact) mass is 418 g/mol. The third-order valence-electron chi connectivity index (χ3n) is 3.87. The van der Waals surface area contributed by atoms with Crippen LogP contribution in [0, 0.1) is 6.92 Å². The van der Waals surface area contributed by atoms with Crippen LogP contribution < -0.4 is 4.74 Å². The minimum Gasteiger partial charge on any atom is -0.494 e. The van der Waals surface area contributed by atoms with Crippen molar-refractivity contribution in [3.05, 3.63) is 58.1 Å². The number of ether oxygens (including phenoxy) is 1. The maximum atomic E-state index is 12.9. The lowest BCUT2D eigenvalue weighted by atomic mass is 10.2. The van der Waals surface area contributed by atoms with Crippen molar-refractivity contribution in [3.8, 4) is 5.75 Å². The molecule has 1 fully saturated rings. The van der Waals surface area contributed by atoms with E-state index in [2.05, 4.69) is 15.9 Å². The van der Waals surface area contributed by atoms with Gasteiger partial charge in [0.25, 0.3) is 5.91 Å². The highest BCUT2D eigenvalue weighted by molar-refractivity contribution is 9.10. The fourth-order valence-electron chi connectivity index (χ4n) is 2.58. The standard InChI is InChI=1S/C19H19BrN2O2S/c1-13-4-9-17(24-2)16(12-13)21-19-22(10-3-11-25-19)18(23)14-5-7-15(20)8-6-14/h4-9,12H,3,10-11H2,1-2H3. The van der Waals surface area contributed by atoms with Crippen molar-refractivity contribution in [2.24, 2.45) is 4.99 Å². The molecule has 130 valence electrons. The molecule has 0 aromatic heterocycles. The summed E-state index contributed by atoms with van der Waals surface area (Å²) >= 11 is 5.01. The molecule has 1 amide bonds. The van der Waals surface area contributed by atoms with Crippen molar-refractivity contribution in [2.75, 3.05) is 19.4 Å². The number of benzene rings is 2. The zero-order valence-electron chi connectivity index (χ0n) is 14.2. The topological polar surface area (TPSA) is 41.9 Å². The highest BCUT2D eigenvalue weighted by Crippen LogP contribution is 2.31. The summed E-state index contributed by atoms with van der Waals surface area (Å²) in [5.74, 6) is 1.64. The van der Waals surface area contributed by atoms with Gasteiger partial charge in [-0.15, -0.1) is 0 Å². The molecule has 6 heteroatoms. The SMILES string of the molecule is COc1ccc(C)cc1N=C1SCCCN1C(=O)c1ccc(Br)cc1. The first-order valence-electron chi connectivity index (χ1n) is 8.02. The molecule has 1 heterocycles. The van der Waals surface area contributed by atoms with E-state index in [0.717, 1.165) is 33.1 Å². The number of carbonyl (C=O) groups is 1. The van der Waals surface area contributed by atoms with E-state index in [1.165, 1.54) is 0 Å². The number of amides is 1. The number of thioether (sulfide) groups is 1. The lowest BCUT2D eigenvalue weighted by Gasteiger charge is -2.28. The van der Waals surface area contributed by atoms with Crippen LogP contribution in [0.25, 0.3) is 0 Å². The molecular weight excluding hydrogens is 400 g/mol. The fraction of sp³-hybridized carbons (Fsp3) is 0.263. The smallest absolute Gasteiger partial charge is 0.259 e. The van der Waals surface area contributed by atoms with Crippen molar-refractivity contribution in [2.45, 2.75) is 13.3 Å². The second kappa shape index (κ2) is 8.06. The normalized spacial score (nSPS) is 16.1. The number of carbonyl (C=O) groups excluding carboxylic acids is 1. The van der Waals surface area contributed by atoms with Crippen molar-refractivity contribution >= 4 is 44.5 Å². The molecule has 25 heavy (non-hydrogen) atoms. The van der Waals surface area contributed by atoms with Gasteiger partial charge in [-0.3, -0.25) is 9.69 Å². The van der Waals surface area contributed by atoms with Crippen LogP contribution in [0.5, 0.6) is 5.75 Å². The van der Waals surface area contributed by atoms with Crippen molar-refractivity contribution in [3.63, 3.8) is 0 Å². The Morgan fingerprint density at radius 1 is 1.24 bits per heavy atom. The molecule has 0 unspecified atom stereocenters. The van der Waals surface area contributed by atoms with Gasteiger partial charge in [0.05, 0.1) is 7.11 Å². The van der Waals surface area contributed by atoms with Crippen molar-refractivity contribution in [1.82, 2.24) is 4.90 Å². The van der Waals surface area contributed by atoms with Crippen molar-refractivity contribution in [1.29, 1.82) is 0 Å². The summed E-state index contributed by atoms with van der Waals surface area (Å²) in [6.07, 6.45) is 0.955. The second-order valence-electron chi connectivity index (χ2n) is 5.74. The third kappa shape index (κ3) is 4.25. The summed E-state index contributed by atoms with van der Waals surface area (Å²) in [6, 6.07) is 13.3. The van der Waals surface area contributed by atoms with Gasteiger partial charge in [0.1, 0.15) is 11.4 Å². The number of aryl methyl sites for hydroxylation is 1. The molecule has 1 aliphatic heterocycles. The van der Waals surface area contributed by atoms with Gasteiger partial charge in [-0.05, 0) is 55.3 Å². The summed E-state index contributed by atoms with van der Waals surface area (Å²) in [5.41, 5.74) is 2.52. The summed E-state index contributed by atoms with van der Waals surface area (Å²) in [4.78, 5) is 19.4. The van der Waals surface area contributed by atoms with Gasteiger partial charge >= 0.3 is 0 Å². The molecule has 0 N–H and O–H groups in total. The van der Waals surface area contributed by atoms with E-state index < -0.39 is 0 Å². The van der Waals surface area contributed by atoms with Gasteiger partial charge in [-0.1, -0.05) is 33.8 Å². The molecule has 1 saturated heterocycles. The molecule has 0 saturated carbocycles. The Labute approximate surface area is 160 Å². The van der Waals surface area contributed by atoms with Crippen LogP contribution in [0.3, 0.4) is 0 Å². The maximum absolute atomic E-state index is 12.9. The third-order valence-corrected chi connectivity index (χ3v) is 5.47. The molecule has 2 aromatic carbocycles. The van der Waals surface area contributed by atoms with Gasteiger partial charge in [-0.2, -0.15) is 0 Å². The number of hydrogen-bond acceptors (Lipinski definition) is 4. The van der Waals surface area contributed by atoms with Crippen LogP contribution in [0.2, 0.25) is 0 Å². The highest BCUT2D eigenvalue weighted by Gasteiger charge is 2.25. The molecule has 4 nitrogen and oxygen atoms in total. The van der Waals surface area contributed by atoms with Gasteiger partial charge in [0.2, 0.25) is 0 Å². The predicted molar refractivity (Wildman–Crippen MR) is 107 cm³/mol. The van der Waals surface area contributed by atoms with Gasteiger partial charge in [0.15, 0.2) is 5.17 Å². The van der Waals surface area contributed by atoms with Crippen LogP contribution in [0.4, 0.5) is 5.69 Å². The Hall–Kier alpha value is -1.79. The Bertz CT molecular complexity index is 806. The number of halogens is 1. The van der Waals surface area contributed by atoms with Crippen LogP contribution in [-0.2, 0) is 0 Å². The fourth-order valence-corrected chi connectivity index (χ4v) is 3.79. The van der Waals surface area contributed by atoms with Gasteiger partial charge in [0, 0.05) is 22.3 Å². The second-order valence-corrected chi connectivity index (χ2v) is 7.71. The molecule has 3 rings (SSSR count). The number of aliphatic imine (C=N–C) groups is 1. The number of hydrogen-bond donors (Lipinski definition) is 0. The zero-order valence-corrected chi connectivity index (χ0v) is 16.6.